The largest absolute Gasteiger partial charge is 0.390 e. The molecule has 0 bridgehead atoms. The molecule has 0 aromatic carbocycles. The van der Waals surface area contributed by atoms with Gasteiger partial charge in [-0.15, -0.1) is 10.2 Å². The van der Waals surface area contributed by atoms with E-state index >= 15 is 0 Å². The highest BCUT2D eigenvalue weighted by Gasteiger charge is 2.21. The van der Waals surface area contributed by atoms with Gasteiger partial charge in [-0.25, -0.2) is 0 Å². The molecule has 9 nitrogen and oxygen atoms in total. The number of nitrogens with one attached hydrogen (secondary N) is 1. The second-order valence-electron chi connectivity index (χ2n) is 4.60. The van der Waals surface area contributed by atoms with Gasteiger partial charge in [0.1, 0.15) is 5.01 Å². The molecule has 2 aromatic rings. The van der Waals surface area contributed by atoms with Gasteiger partial charge in [0.25, 0.3) is 0 Å². The summed E-state index contributed by atoms with van der Waals surface area (Å²) < 4.78 is 1.45. The number of rotatable bonds is 5. The summed E-state index contributed by atoms with van der Waals surface area (Å²) in [6, 6.07) is 1.37. The van der Waals surface area contributed by atoms with Gasteiger partial charge in [0.05, 0.1) is 29.3 Å². The maximum absolute atomic E-state index is 12.0. The van der Waals surface area contributed by atoms with Crippen LogP contribution in [0.2, 0.25) is 0 Å². The van der Waals surface area contributed by atoms with Gasteiger partial charge in [0.15, 0.2) is 0 Å². The highest BCUT2D eigenvalue weighted by molar-refractivity contribution is 7.15. The fourth-order valence-electron chi connectivity index (χ4n) is 1.68. The third-order valence-corrected chi connectivity index (χ3v) is 3.56. The second-order valence-corrected chi connectivity index (χ2v) is 5.78. The molecule has 0 spiro atoms. The molecule has 1 atom stereocenters. The van der Waals surface area contributed by atoms with Crippen LogP contribution in [0.5, 0.6) is 0 Å². The average Bonchev–Trinajstić information content (AvgIpc) is 2.96. The summed E-state index contributed by atoms with van der Waals surface area (Å²) in [4.78, 5) is 22.1. The lowest BCUT2D eigenvalue weighted by Gasteiger charge is -2.09. The summed E-state index contributed by atoms with van der Waals surface area (Å²) in [5, 5.41) is 26.0. The van der Waals surface area contributed by atoms with E-state index in [9.17, 15) is 14.9 Å². The molecule has 0 saturated heterocycles. The first-order valence-corrected chi connectivity index (χ1v) is 6.98. The summed E-state index contributed by atoms with van der Waals surface area (Å²) in [6.07, 6.45) is 0. The minimum atomic E-state index is -0.557. The van der Waals surface area contributed by atoms with Crippen LogP contribution >= 0.6 is 11.3 Å². The van der Waals surface area contributed by atoms with Crippen LogP contribution in [0.3, 0.4) is 0 Å². The monoisotopic (exact) mass is 310 g/mol. The Morgan fingerprint density at radius 2 is 2.24 bits per heavy atom. The van der Waals surface area contributed by atoms with E-state index in [0.717, 1.165) is 5.01 Å². The number of hydrogen-bond donors (Lipinski definition) is 1. The molecule has 2 rings (SSSR count). The number of aryl methyl sites for hydroxylation is 2. The van der Waals surface area contributed by atoms with Gasteiger partial charge in [-0.05, 0) is 18.8 Å². The number of nitrogens with zero attached hydrogens (tertiary/aromatic N) is 5. The molecular weight excluding hydrogens is 296 g/mol. The van der Waals surface area contributed by atoms with Gasteiger partial charge in [0, 0.05) is 0 Å². The van der Waals surface area contributed by atoms with Crippen LogP contribution in [-0.4, -0.2) is 30.8 Å². The predicted molar refractivity (Wildman–Crippen MR) is 76.1 cm³/mol. The summed E-state index contributed by atoms with van der Waals surface area (Å²) in [5.41, 5.74) is 0.633. The molecule has 0 saturated carbocycles. The molecule has 112 valence electrons. The van der Waals surface area contributed by atoms with Crippen molar-refractivity contribution in [2.75, 3.05) is 5.32 Å². The number of amides is 1. The molecule has 2 aromatic heterocycles. The van der Waals surface area contributed by atoms with E-state index in [4.69, 9.17) is 0 Å². The second kappa shape index (κ2) is 5.95. The summed E-state index contributed by atoms with van der Waals surface area (Å²) in [7, 11) is 0. The topological polar surface area (TPSA) is 116 Å². The SMILES string of the molecule is Cc1nnc(NC(=O)C(C)Cn2nc([N+](=O)[O-])cc2C)s1. The van der Waals surface area contributed by atoms with Gasteiger partial charge in [-0.3, -0.25) is 4.79 Å². The molecule has 1 N–H and O–H groups in total. The fourth-order valence-corrected chi connectivity index (χ4v) is 2.28. The summed E-state index contributed by atoms with van der Waals surface area (Å²) in [6.45, 7) is 5.47. The number of anilines is 1. The van der Waals surface area contributed by atoms with Crippen molar-refractivity contribution in [2.24, 2.45) is 5.92 Å². The Morgan fingerprint density at radius 1 is 1.52 bits per heavy atom. The normalized spacial score (nSPS) is 12.1. The Kier molecular flexibility index (Phi) is 4.26. The zero-order valence-electron chi connectivity index (χ0n) is 11.7. The molecule has 1 amide bonds. The quantitative estimate of drug-likeness (QED) is 0.661. The van der Waals surface area contributed by atoms with Crippen LogP contribution in [0, 0.1) is 29.9 Å². The zero-order valence-corrected chi connectivity index (χ0v) is 12.5. The lowest BCUT2D eigenvalue weighted by Crippen LogP contribution is -2.25. The first-order chi connectivity index (χ1) is 9.86. The number of carbonyl (C=O) groups excluding carboxylic acids is 1. The van der Waals surface area contributed by atoms with E-state index in [1.807, 2.05) is 0 Å². The van der Waals surface area contributed by atoms with Gasteiger partial charge in [-0.1, -0.05) is 18.3 Å². The van der Waals surface area contributed by atoms with Crippen LogP contribution in [-0.2, 0) is 11.3 Å². The van der Waals surface area contributed by atoms with E-state index in [1.165, 1.54) is 22.1 Å². The molecule has 10 heteroatoms. The molecule has 21 heavy (non-hydrogen) atoms. The Morgan fingerprint density at radius 3 is 2.76 bits per heavy atom. The summed E-state index contributed by atoms with van der Waals surface area (Å²) >= 11 is 1.29. The van der Waals surface area contributed by atoms with Crippen LogP contribution in [0.25, 0.3) is 0 Å². The van der Waals surface area contributed by atoms with Crippen molar-refractivity contribution in [3.8, 4) is 0 Å². The van der Waals surface area contributed by atoms with E-state index < -0.39 is 10.8 Å². The molecule has 0 radical (unpaired) electrons. The van der Waals surface area contributed by atoms with E-state index in [0.29, 0.717) is 10.8 Å². The lowest BCUT2D eigenvalue weighted by atomic mass is 10.1. The van der Waals surface area contributed by atoms with Crippen molar-refractivity contribution < 1.29 is 9.72 Å². The highest BCUT2D eigenvalue weighted by atomic mass is 32.1. The average molecular weight is 310 g/mol. The molecule has 1 unspecified atom stereocenters. The third-order valence-electron chi connectivity index (χ3n) is 2.81. The third kappa shape index (κ3) is 3.60. The maximum atomic E-state index is 12.0. The Balaban J connectivity index is 2.02. The number of carbonyl (C=O) groups is 1. The first kappa shape index (κ1) is 15.0. The Labute approximate surface area is 124 Å². The van der Waals surface area contributed by atoms with Crippen molar-refractivity contribution in [1.29, 1.82) is 0 Å². The summed E-state index contributed by atoms with van der Waals surface area (Å²) in [5.74, 6) is -0.865. The Bertz CT molecular complexity index is 679. The number of hydrogen-bond acceptors (Lipinski definition) is 7. The molecule has 0 aliphatic rings. The van der Waals surface area contributed by atoms with Crippen LogP contribution in [0.4, 0.5) is 10.9 Å². The van der Waals surface area contributed by atoms with E-state index in [2.05, 4.69) is 20.6 Å². The zero-order chi connectivity index (χ0) is 15.6. The fraction of sp³-hybridized carbons (Fsp3) is 0.455. The minimum Gasteiger partial charge on any atom is -0.358 e. The van der Waals surface area contributed by atoms with Crippen molar-refractivity contribution >= 4 is 28.2 Å². The molecule has 2 heterocycles. The van der Waals surface area contributed by atoms with Crippen molar-refractivity contribution in [3.63, 3.8) is 0 Å². The smallest absolute Gasteiger partial charge is 0.358 e. The molecule has 0 aliphatic carbocycles. The maximum Gasteiger partial charge on any atom is 0.390 e. The van der Waals surface area contributed by atoms with Crippen molar-refractivity contribution in [2.45, 2.75) is 27.3 Å². The van der Waals surface area contributed by atoms with E-state index in [-0.39, 0.29) is 18.3 Å². The van der Waals surface area contributed by atoms with Gasteiger partial charge < -0.3 is 15.4 Å². The Hall–Kier alpha value is -2.36. The minimum absolute atomic E-state index is 0.222. The highest BCUT2D eigenvalue weighted by Crippen LogP contribution is 2.16. The molecule has 0 aliphatic heterocycles. The van der Waals surface area contributed by atoms with E-state index in [1.54, 1.807) is 20.8 Å². The van der Waals surface area contributed by atoms with Crippen molar-refractivity contribution in [3.05, 3.63) is 26.9 Å². The number of nitro groups is 1. The van der Waals surface area contributed by atoms with Crippen LogP contribution in [0.1, 0.15) is 17.6 Å². The van der Waals surface area contributed by atoms with Crippen LogP contribution in [0.15, 0.2) is 6.07 Å². The first-order valence-electron chi connectivity index (χ1n) is 6.16. The molecular formula is C11H14N6O3S. The van der Waals surface area contributed by atoms with Gasteiger partial charge in [-0.2, -0.15) is 4.68 Å². The number of aromatic nitrogens is 4. The van der Waals surface area contributed by atoms with Gasteiger partial charge in [0.2, 0.25) is 11.0 Å². The molecule has 0 fully saturated rings. The lowest BCUT2D eigenvalue weighted by molar-refractivity contribution is -0.389. The van der Waals surface area contributed by atoms with Gasteiger partial charge >= 0.3 is 5.82 Å². The van der Waals surface area contributed by atoms with Crippen LogP contribution < -0.4 is 5.32 Å². The standard InChI is InChI=1S/C11H14N6O3S/c1-6(10(18)12-11-14-13-8(3)21-11)5-16-7(2)4-9(15-16)17(19)20/h4,6H,5H2,1-3H3,(H,12,14,18). The predicted octanol–water partition coefficient (Wildman–Crippen LogP) is 1.53. The van der Waals surface area contributed by atoms with Crippen molar-refractivity contribution in [1.82, 2.24) is 20.0 Å².